The van der Waals surface area contributed by atoms with Gasteiger partial charge in [0.15, 0.2) is 0 Å². The summed E-state index contributed by atoms with van der Waals surface area (Å²) in [7, 11) is 0. The average Bonchev–Trinajstić information content (AvgIpc) is 2.80. The number of halogens is 9. The van der Waals surface area contributed by atoms with E-state index in [1.807, 2.05) is 13.8 Å². The summed E-state index contributed by atoms with van der Waals surface area (Å²) in [6.07, 6.45) is -6.48. The number of amides is 1. The van der Waals surface area contributed by atoms with Crippen LogP contribution in [0.4, 0.5) is 26.3 Å². The zero-order chi connectivity index (χ0) is 30.4. The summed E-state index contributed by atoms with van der Waals surface area (Å²) in [4.78, 5) is 24.8. The van der Waals surface area contributed by atoms with Crippen LogP contribution in [0.2, 0.25) is 15.1 Å². The zero-order valence-corrected chi connectivity index (χ0v) is 24.1. The van der Waals surface area contributed by atoms with Crippen LogP contribution in [-0.2, 0) is 11.0 Å². The van der Waals surface area contributed by atoms with Crippen LogP contribution in [0, 0.1) is 5.92 Å². The van der Waals surface area contributed by atoms with Crippen molar-refractivity contribution in [3.8, 4) is 0 Å². The number of nitrogens with one attached hydrogen (secondary N) is 1. The first-order chi connectivity index (χ1) is 18.4. The van der Waals surface area contributed by atoms with Crippen LogP contribution >= 0.6 is 34.8 Å². The van der Waals surface area contributed by atoms with E-state index in [-0.39, 0.29) is 38.4 Å². The summed E-state index contributed by atoms with van der Waals surface area (Å²) in [5, 5.41) is 1.84. The number of hydrogen-bond acceptors (Lipinski definition) is 2. The largest absolute Gasteiger partial charge is 0.417 e. The first-order valence-electron chi connectivity index (χ1n) is 12.3. The monoisotopic (exact) mass is 629 g/mol. The van der Waals surface area contributed by atoms with E-state index in [1.165, 1.54) is 6.92 Å². The van der Waals surface area contributed by atoms with Gasteiger partial charge < -0.3 is 5.32 Å². The maximum atomic E-state index is 13.8. The fraction of sp³-hybridized carbons (Fsp3) is 0.429. The zero-order valence-electron chi connectivity index (χ0n) is 21.8. The van der Waals surface area contributed by atoms with Gasteiger partial charge in [-0.25, -0.2) is 0 Å². The number of alkyl halides is 6. The normalized spacial score (nSPS) is 14.0. The summed E-state index contributed by atoms with van der Waals surface area (Å²) in [5.74, 6) is -3.00. The minimum atomic E-state index is -4.98. The Morgan fingerprint density at radius 2 is 1.55 bits per heavy atom. The second-order valence-electron chi connectivity index (χ2n) is 9.88. The standard InChI is InChI=1S/C28H28Cl3F6NO2/c1-15(2)5-4-6-19(39)11-16(3)38-26(40)20-9-7-17(12-22(20)28(35,36)37)8-10-21(27(32,33)34)18-13-23(29)25(31)24(30)14-18/h7-10,12-16,21H,4-6,11H2,1-3H3,(H,38,40)/b10-8+/t16-,21?/m1/s1. The van der Waals surface area contributed by atoms with Gasteiger partial charge in [0.05, 0.1) is 32.1 Å². The third kappa shape index (κ3) is 10.00. The molecular weight excluding hydrogens is 603 g/mol. The topological polar surface area (TPSA) is 46.2 Å². The highest BCUT2D eigenvalue weighted by Gasteiger charge is 2.40. The molecule has 0 saturated heterocycles. The minimum absolute atomic E-state index is 0.0381. The van der Waals surface area contributed by atoms with Gasteiger partial charge in [0, 0.05) is 18.9 Å². The maximum absolute atomic E-state index is 13.8. The lowest BCUT2D eigenvalue weighted by Crippen LogP contribution is -2.35. The molecule has 0 aliphatic carbocycles. The molecule has 40 heavy (non-hydrogen) atoms. The quantitative estimate of drug-likeness (QED) is 0.198. The molecule has 220 valence electrons. The number of hydrogen-bond donors (Lipinski definition) is 1. The summed E-state index contributed by atoms with van der Waals surface area (Å²) in [5.41, 5.74) is -2.63. The number of carbonyl (C=O) groups is 2. The van der Waals surface area contributed by atoms with E-state index < -0.39 is 41.3 Å². The summed E-state index contributed by atoms with van der Waals surface area (Å²) >= 11 is 17.5. The molecule has 0 aliphatic rings. The highest BCUT2D eigenvalue weighted by molar-refractivity contribution is 6.48. The van der Waals surface area contributed by atoms with Crippen molar-refractivity contribution in [1.82, 2.24) is 5.32 Å². The molecule has 1 unspecified atom stereocenters. The number of rotatable bonds is 11. The van der Waals surface area contributed by atoms with Gasteiger partial charge in [-0.3, -0.25) is 9.59 Å². The molecule has 0 saturated carbocycles. The van der Waals surface area contributed by atoms with Gasteiger partial charge >= 0.3 is 12.4 Å². The van der Waals surface area contributed by atoms with Crippen LogP contribution in [0.25, 0.3) is 6.08 Å². The van der Waals surface area contributed by atoms with Gasteiger partial charge in [-0.15, -0.1) is 0 Å². The molecule has 1 N–H and O–H groups in total. The molecular formula is C28H28Cl3F6NO2. The lowest BCUT2D eigenvalue weighted by molar-refractivity contribution is -0.139. The SMILES string of the molecule is CC(C)CCCC(=O)C[C@@H](C)NC(=O)c1ccc(/C=C/C(c2cc(Cl)c(Cl)c(Cl)c2)C(F)(F)F)cc1C(F)(F)F. The minimum Gasteiger partial charge on any atom is -0.349 e. The average molecular weight is 631 g/mol. The van der Waals surface area contributed by atoms with E-state index >= 15 is 0 Å². The van der Waals surface area contributed by atoms with Crippen LogP contribution in [0.1, 0.15) is 79.4 Å². The second kappa shape index (κ2) is 14.1. The van der Waals surface area contributed by atoms with Gasteiger partial charge in [-0.05, 0) is 54.7 Å². The number of ketones is 1. The number of allylic oxidation sites excluding steroid dienone is 1. The summed E-state index contributed by atoms with van der Waals surface area (Å²) < 4.78 is 82.9. The van der Waals surface area contributed by atoms with Crippen LogP contribution in [0.5, 0.6) is 0 Å². The van der Waals surface area contributed by atoms with Gasteiger partial charge in [0.2, 0.25) is 0 Å². The number of carbonyl (C=O) groups excluding carboxylic acids is 2. The molecule has 0 heterocycles. The van der Waals surface area contributed by atoms with E-state index in [1.54, 1.807) is 0 Å². The third-order valence-corrected chi connectivity index (χ3v) is 7.14. The lowest BCUT2D eigenvalue weighted by atomic mass is 9.96. The molecule has 0 aliphatic heterocycles. The Hall–Kier alpha value is -2.23. The molecule has 0 bridgehead atoms. The fourth-order valence-electron chi connectivity index (χ4n) is 3.97. The molecule has 2 aromatic carbocycles. The van der Waals surface area contributed by atoms with Crippen molar-refractivity contribution in [2.24, 2.45) is 5.92 Å². The molecule has 0 spiro atoms. The Morgan fingerprint density at radius 3 is 2.08 bits per heavy atom. The molecule has 2 aromatic rings. The van der Waals surface area contributed by atoms with Crippen LogP contribution in [0.3, 0.4) is 0 Å². The Kier molecular flexibility index (Phi) is 12.0. The van der Waals surface area contributed by atoms with Gasteiger partial charge in [0.25, 0.3) is 5.91 Å². The van der Waals surface area contributed by atoms with Gasteiger partial charge in [0.1, 0.15) is 5.78 Å². The Labute approximate surface area is 243 Å². The Balaban J connectivity index is 2.29. The van der Waals surface area contributed by atoms with Crippen LogP contribution < -0.4 is 5.32 Å². The van der Waals surface area contributed by atoms with Crippen LogP contribution in [-0.4, -0.2) is 23.9 Å². The van der Waals surface area contributed by atoms with Gasteiger partial charge in [-0.1, -0.05) is 73.3 Å². The van der Waals surface area contributed by atoms with E-state index in [0.717, 1.165) is 36.8 Å². The van der Waals surface area contributed by atoms with Crippen molar-refractivity contribution in [2.75, 3.05) is 0 Å². The predicted octanol–water partition coefficient (Wildman–Crippen LogP) is 9.93. The van der Waals surface area contributed by atoms with Crippen molar-refractivity contribution in [1.29, 1.82) is 0 Å². The molecule has 3 nitrogen and oxygen atoms in total. The number of benzene rings is 2. The highest BCUT2D eigenvalue weighted by Crippen LogP contribution is 2.41. The van der Waals surface area contributed by atoms with E-state index in [2.05, 4.69) is 5.32 Å². The van der Waals surface area contributed by atoms with E-state index in [4.69, 9.17) is 34.8 Å². The van der Waals surface area contributed by atoms with E-state index in [9.17, 15) is 35.9 Å². The fourth-order valence-corrected chi connectivity index (χ4v) is 4.59. The predicted molar refractivity (Wildman–Crippen MR) is 146 cm³/mol. The molecule has 0 aromatic heterocycles. The Morgan fingerprint density at radius 1 is 0.950 bits per heavy atom. The second-order valence-corrected chi connectivity index (χ2v) is 11.1. The van der Waals surface area contributed by atoms with Crippen molar-refractivity contribution < 1.29 is 35.9 Å². The molecule has 2 rings (SSSR count). The third-order valence-electron chi connectivity index (χ3n) is 5.94. The lowest BCUT2D eigenvalue weighted by Gasteiger charge is -2.19. The maximum Gasteiger partial charge on any atom is 0.417 e. The van der Waals surface area contributed by atoms with Crippen LogP contribution in [0.15, 0.2) is 36.4 Å². The van der Waals surface area contributed by atoms with Crippen molar-refractivity contribution in [3.05, 3.63) is 73.7 Å². The molecule has 2 atom stereocenters. The first-order valence-corrected chi connectivity index (χ1v) is 13.5. The van der Waals surface area contributed by atoms with Gasteiger partial charge in [-0.2, -0.15) is 26.3 Å². The van der Waals surface area contributed by atoms with Crippen molar-refractivity contribution in [2.45, 2.75) is 70.8 Å². The summed E-state index contributed by atoms with van der Waals surface area (Å²) in [6.45, 7) is 5.55. The molecule has 12 heteroatoms. The highest BCUT2D eigenvalue weighted by atomic mass is 35.5. The smallest absolute Gasteiger partial charge is 0.349 e. The molecule has 0 fully saturated rings. The van der Waals surface area contributed by atoms with E-state index in [0.29, 0.717) is 30.9 Å². The molecule has 1 amide bonds. The number of Topliss-reactive ketones (excluding diaryl/α,β-unsaturated/α-hetero) is 1. The Bertz CT molecular complexity index is 1220. The summed E-state index contributed by atoms with van der Waals surface area (Å²) in [6, 6.07) is 3.80. The van der Waals surface area contributed by atoms with Crippen molar-refractivity contribution >= 4 is 52.6 Å². The van der Waals surface area contributed by atoms with Crippen molar-refractivity contribution in [3.63, 3.8) is 0 Å². The molecule has 0 radical (unpaired) electrons. The first kappa shape index (κ1) is 34.0.